The highest BCUT2D eigenvalue weighted by Gasteiger charge is 2.02. The Bertz CT molecular complexity index is 334. The van der Waals surface area contributed by atoms with Gasteiger partial charge in [0.15, 0.2) is 0 Å². The van der Waals surface area contributed by atoms with Gasteiger partial charge in [0.2, 0.25) is 0 Å². The minimum atomic E-state index is 0.866. The molecular formula is C13H23N3. The third kappa shape index (κ3) is 3.74. The summed E-state index contributed by atoms with van der Waals surface area (Å²) in [7, 11) is 6.33. The molecule has 1 aromatic carbocycles. The summed E-state index contributed by atoms with van der Waals surface area (Å²) in [6.45, 7) is 4.24. The molecule has 16 heavy (non-hydrogen) atoms. The molecule has 0 saturated carbocycles. The topological polar surface area (TPSA) is 32.5 Å². The van der Waals surface area contributed by atoms with Crippen LogP contribution in [0.15, 0.2) is 18.2 Å². The zero-order chi connectivity index (χ0) is 12.1. The third-order valence-corrected chi connectivity index (χ3v) is 2.79. The number of nitrogens with zero attached hydrogens (tertiary/aromatic N) is 2. The predicted molar refractivity (Wildman–Crippen MR) is 72.0 cm³/mol. The average Bonchev–Trinajstić information content (AvgIpc) is 2.21. The van der Waals surface area contributed by atoms with Crippen molar-refractivity contribution in [3.05, 3.63) is 23.8 Å². The molecule has 0 bridgehead atoms. The van der Waals surface area contributed by atoms with Crippen LogP contribution in [0.4, 0.5) is 11.4 Å². The van der Waals surface area contributed by atoms with E-state index in [-0.39, 0.29) is 0 Å². The molecule has 0 aliphatic rings. The highest BCUT2D eigenvalue weighted by Crippen LogP contribution is 2.19. The first kappa shape index (κ1) is 12.8. The van der Waals surface area contributed by atoms with Gasteiger partial charge in [0.25, 0.3) is 0 Å². The van der Waals surface area contributed by atoms with Gasteiger partial charge in [-0.25, -0.2) is 0 Å². The molecule has 3 nitrogen and oxygen atoms in total. The molecule has 0 heterocycles. The van der Waals surface area contributed by atoms with E-state index in [4.69, 9.17) is 5.73 Å². The first-order valence-corrected chi connectivity index (χ1v) is 5.72. The molecule has 1 aromatic rings. The van der Waals surface area contributed by atoms with E-state index in [0.717, 1.165) is 24.3 Å². The molecule has 0 saturated heterocycles. The second-order valence-electron chi connectivity index (χ2n) is 4.62. The zero-order valence-electron chi connectivity index (χ0n) is 10.8. The maximum absolute atomic E-state index is 5.80. The first-order valence-electron chi connectivity index (χ1n) is 5.72. The molecule has 0 aliphatic carbocycles. The predicted octanol–water partition coefficient (Wildman–Crippen LogP) is 1.97. The van der Waals surface area contributed by atoms with Crippen LogP contribution in [0.1, 0.15) is 12.0 Å². The van der Waals surface area contributed by atoms with Crippen molar-refractivity contribution in [1.82, 2.24) is 4.90 Å². The van der Waals surface area contributed by atoms with Crippen LogP contribution < -0.4 is 10.6 Å². The van der Waals surface area contributed by atoms with Crippen molar-refractivity contribution in [2.45, 2.75) is 13.3 Å². The molecule has 0 unspecified atom stereocenters. The van der Waals surface area contributed by atoms with Crippen molar-refractivity contribution in [3.8, 4) is 0 Å². The number of hydrogen-bond acceptors (Lipinski definition) is 3. The Morgan fingerprint density at radius 1 is 1.12 bits per heavy atom. The number of nitrogen functional groups attached to an aromatic ring is 1. The Hall–Kier alpha value is -1.22. The maximum Gasteiger partial charge on any atom is 0.0367 e. The molecule has 0 spiro atoms. The number of nitrogens with two attached hydrogens (primary N) is 1. The van der Waals surface area contributed by atoms with Gasteiger partial charge in [-0.05, 0) is 57.7 Å². The lowest BCUT2D eigenvalue weighted by atomic mass is 10.1. The summed E-state index contributed by atoms with van der Waals surface area (Å²) >= 11 is 0. The number of hydrogen-bond donors (Lipinski definition) is 1. The number of benzene rings is 1. The number of aryl methyl sites for hydroxylation is 1. The second-order valence-corrected chi connectivity index (χ2v) is 4.62. The Morgan fingerprint density at radius 2 is 1.81 bits per heavy atom. The van der Waals surface area contributed by atoms with E-state index in [9.17, 15) is 0 Å². The SMILES string of the molecule is Cc1cc(N(C)CCCN(C)C)ccc1N. The Kier molecular flexibility index (Phi) is 4.62. The van der Waals surface area contributed by atoms with E-state index < -0.39 is 0 Å². The molecule has 0 radical (unpaired) electrons. The van der Waals surface area contributed by atoms with Crippen molar-refractivity contribution in [2.24, 2.45) is 0 Å². The monoisotopic (exact) mass is 221 g/mol. The lowest BCUT2D eigenvalue weighted by Gasteiger charge is -2.21. The largest absolute Gasteiger partial charge is 0.399 e. The van der Waals surface area contributed by atoms with E-state index in [0.29, 0.717) is 0 Å². The summed E-state index contributed by atoms with van der Waals surface area (Å²) in [6.07, 6.45) is 1.17. The lowest BCUT2D eigenvalue weighted by molar-refractivity contribution is 0.401. The molecule has 0 atom stereocenters. The Morgan fingerprint density at radius 3 is 2.38 bits per heavy atom. The second kappa shape index (κ2) is 5.75. The molecular weight excluding hydrogens is 198 g/mol. The molecule has 90 valence electrons. The molecule has 1 rings (SSSR count). The lowest BCUT2D eigenvalue weighted by Crippen LogP contribution is -2.23. The molecule has 0 aliphatic heterocycles. The van der Waals surface area contributed by atoms with Crippen LogP contribution >= 0.6 is 0 Å². The smallest absolute Gasteiger partial charge is 0.0367 e. The summed E-state index contributed by atoms with van der Waals surface area (Å²) in [6, 6.07) is 6.20. The first-order chi connectivity index (χ1) is 7.50. The third-order valence-electron chi connectivity index (χ3n) is 2.79. The minimum absolute atomic E-state index is 0.866. The summed E-state index contributed by atoms with van der Waals surface area (Å²) < 4.78 is 0. The van der Waals surface area contributed by atoms with Crippen molar-refractivity contribution in [3.63, 3.8) is 0 Å². The van der Waals surface area contributed by atoms with E-state index in [2.05, 4.69) is 43.1 Å². The van der Waals surface area contributed by atoms with Crippen LogP contribution in [0.25, 0.3) is 0 Å². The van der Waals surface area contributed by atoms with Gasteiger partial charge in [-0.3, -0.25) is 0 Å². The van der Waals surface area contributed by atoms with E-state index in [1.807, 2.05) is 13.0 Å². The zero-order valence-corrected chi connectivity index (χ0v) is 10.8. The van der Waals surface area contributed by atoms with Gasteiger partial charge < -0.3 is 15.5 Å². The van der Waals surface area contributed by atoms with Gasteiger partial charge in [0, 0.05) is 25.0 Å². The Labute approximate surface area is 98.8 Å². The molecule has 0 aromatic heterocycles. The summed E-state index contributed by atoms with van der Waals surface area (Å²) in [4.78, 5) is 4.48. The highest BCUT2D eigenvalue weighted by molar-refractivity contribution is 5.57. The fraction of sp³-hybridized carbons (Fsp3) is 0.538. The van der Waals surface area contributed by atoms with Crippen LogP contribution in [0.5, 0.6) is 0 Å². The highest BCUT2D eigenvalue weighted by atomic mass is 15.1. The van der Waals surface area contributed by atoms with Crippen molar-refractivity contribution >= 4 is 11.4 Å². The van der Waals surface area contributed by atoms with Crippen LogP contribution in [0.3, 0.4) is 0 Å². The van der Waals surface area contributed by atoms with Crippen LogP contribution in [0.2, 0.25) is 0 Å². The van der Waals surface area contributed by atoms with E-state index >= 15 is 0 Å². The van der Waals surface area contributed by atoms with Gasteiger partial charge in [-0.2, -0.15) is 0 Å². The molecule has 2 N–H and O–H groups in total. The van der Waals surface area contributed by atoms with Gasteiger partial charge in [-0.1, -0.05) is 0 Å². The summed E-state index contributed by atoms with van der Waals surface area (Å²) in [5.41, 5.74) is 9.06. The fourth-order valence-electron chi connectivity index (χ4n) is 1.65. The van der Waals surface area contributed by atoms with E-state index in [1.165, 1.54) is 12.1 Å². The van der Waals surface area contributed by atoms with Crippen molar-refractivity contribution in [1.29, 1.82) is 0 Å². The maximum atomic E-state index is 5.80. The van der Waals surface area contributed by atoms with Crippen molar-refractivity contribution in [2.75, 3.05) is 44.9 Å². The standard InChI is InChI=1S/C13H23N3/c1-11-10-12(6-7-13(11)14)16(4)9-5-8-15(2)3/h6-7,10H,5,8-9,14H2,1-4H3. The quantitative estimate of drug-likeness (QED) is 0.772. The molecule has 0 fully saturated rings. The van der Waals surface area contributed by atoms with Gasteiger partial charge >= 0.3 is 0 Å². The van der Waals surface area contributed by atoms with Gasteiger partial charge in [0.1, 0.15) is 0 Å². The fourth-order valence-corrected chi connectivity index (χ4v) is 1.65. The molecule has 3 heteroatoms. The average molecular weight is 221 g/mol. The number of anilines is 2. The van der Waals surface area contributed by atoms with E-state index in [1.54, 1.807) is 0 Å². The van der Waals surface area contributed by atoms with Gasteiger partial charge in [0.05, 0.1) is 0 Å². The Balaban J connectivity index is 2.52. The number of rotatable bonds is 5. The van der Waals surface area contributed by atoms with Crippen molar-refractivity contribution < 1.29 is 0 Å². The van der Waals surface area contributed by atoms with Crippen LogP contribution in [-0.2, 0) is 0 Å². The normalized spacial score (nSPS) is 10.8. The van der Waals surface area contributed by atoms with Crippen LogP contribution in [-0.4, -0.2) is 39.1 Å². The van der Waals surface area contributed by atoms with Gasteiger partial charge in [-0.15, -0.1) is 0 Å². The molecule has 0 amide bonds. The minimum Gasteiger partial charge on any atom is -0.399 e. The van der Waals surface area contributed by atoms with Crippen LogP contribution in [0, 0.1) is 6.92 Å². The summed E-state index contributed by atoms with van der Waals surface area (Å²) in [5, 5.41) is 0. The summed E-state index contributed by atoms with van der Waals surface area (Å²) in [5.74, 6) is 0.